The number of unbranched alkanes of at least 4 members (excludes halogenated alkanes) is 3. The van der Waals surface area contributed by atoms with Crippen molar-refractivity contribution in [2.45, 2.75) is 123 Å². The zero-order valence-electron chi connectivity index (χ0n) is 32.4. The molecule has 0 aromatic carbocycles. The summed E-state index contributed by atoms with van der Waals surface area (Å²) >= 11 is 0. The third-order valence-electron chi connectivity index (χ3n) is 7.15. The molecule has 0 aromatic heterocycles. The lowest BCUT2D eigenvalue weighted by Crippen LogP contribution is -2.29. The van der Waals surface area contributed by atoms with Crippen molar-refractivity contribution in [1.29, 1.82) is 0 Å². The molecule has 0 fully saturated rings. The van der Waals surface area contributed by atoms with Crippen LogP contribution in [-0.4, -0.2) is 49.3 Å². The number of phosphoric ester groups is 1. The first kappa shape index (κ1) is 49.7. The molecule has 0 aliphatic rings. The summed E-state index contributed by atoms with van der Waals surface area (Å²) in [4.78, 5) is 34.7. The number of hydrogen-bond donors (Lipinski definition) is 2. The predicted octanol–water partition coefficient (Wildman–Crippen LogP) is 10.8. The minimum atomic E-state index is -4.41. The molecule has 298 valence electrons. The fraction of sp³-hybridized carbons (Fsp3) is 0.535. The van der Waals surface area contributed by atoms with Crippen LogP contribution in [0.5, 0.6) is 0 Å². The summed E-state index contributed by atoms with van der Waals surface area (Å²) in [7, 11) is -4.41. The predicted molar refractivity (Wildman–Crippen MR) is 219 cm³/mol. The summed E-state index contributed by atoms with van der Waals surface area (Å²) in [5, 5.41) is 0. The number of carbonyl (C=O) groups is 2. The number of allylic oxidation sites excluding steroid dienone is 18. The van der Waals surface area contributed by atoms with Gasteiger partial charge in [-0.05, 0) is 89.9 Å². The maximum atomic E-state index is 12.5. The molecule has 0 aliphatic carbocycles. The molecule has 3 N–H and O–H groups in total. The van der Waals surface area contributed by atoms with Crippen LogP contribution in [0, 0.1) is 0 Å². The van der Waals surface area contributed by atoms with Crippen LogP contribution in [0.15, 0.2) is 109 Å². The molecule has 53 heavy (non-hydrogen) atoms. The zero-order valence-corrected chi connectivity index (χ0v) is 33.3. The Morgan fingerprint density at radius 3 is 1.43 bits per heavy atom. The van der Waals surface area contributed by atoms with Crippen LogP contribution in [-0.2, 0) is 32.7 Å². The Kier molecular flexibility index (Phi) is 36.0. The highest BCUT2D eigenvalue weighted by Crippen LogP contribution is 2.43. The van der Waals surface area contributed by atoms with E-state index in [1.54, 1.807) is 0 Å². The molecular formula is C43H68NO8P. The standard InChI is InChI=1S/C43H68NO8P/c1-3-5-7-9-11-13-15-17-19-20-22-23-25-27-29-31-33-35-42(45)49-39-41(40-51-53(47,48)50-38-37-44)52-43(46)36-34-32-30-28-26-24-21-18-16-14-12-10-8-6-4-2/h5-8,11-14,17-19,21-23,26-29,41H,3-4,9-10,15-16,20,24-25,30-40,44H2,1-2H3,(H,47,48)/b7-5+,8-6+,13-11+,14-12+,19-17+,21-18+,23-22+,28-26+,29-27+/t41-/m1/s1. The summed E-state index contributed by atoms with van der Waals surface area (Å²) in [5.74, 6) is -0.961. The Morgan fingerprint density at radius 1 is 0.566 bits per heavy atom. The highest BCUT2D eigenvalue weighted by molar-refractivity contribution is 7.47. The quantitative estimate of drug-likeness (QED) is 0.0285. The first-order chi connectivity index (χ1) is 25.8. The molecule has 0 bridgehead atoms. The molecule has 0 amide bonds. The van der Waals surface area contributed by atoms with Gasteiger partial charge in [-0.2, -0.15) is 0 Å². The molecule has 2 atom stereocenters. The van der Waals surface area contributed by atoms with Crippen molar-refractivity contribution in [3.8, 4) is 0 Å². The minimum Gasteiger partial charge on any atom is -0.462 e. The van der Waals surface area contributed by atoms with E-state index in [1.165, 1.54) is 0 Å². The lowest BCUT2D eigenvalue weighted by molar-refractivity contribution is -0.161. The zero-order chi connectivity index (χ0) is 38.9. The average Bonchev–Trinajstić information content (AvgIpc) is 3.14. The van der Waals surface area contributed by atoms with Crippen LogP contribution in [0.4, 0.5) is 0 Å². The van der Waals surface area contributed by atoms with Crippen LogP contribution in [0.3, 0.4) is 0 Å². The molecule has 9 nitrogen and oxygen atoms in total. The lowest BCUT2D eigenvalue weighted by atomic mass is 10.2. The summed E-state index contributed by atoms with van der Waals surface area (Å²) in [6.07, 6.45) is 49.9. The number of rotatable bonds is 34. The van der Waals surface area contributed by atoms with Crippen LogP contribution >= 0.6 is 7.82 Å². The molecule has 10 heteroatoms. The van der Waals surface area contributed by atoms with Crippen molar-refractivity contribution < 1.29 is 37.6 Å². The maximum absolute atomic E-state index is 12.5. The Bertz CT molecular complexity index is 1230. The smallest absolute Gasteiger partial charge is 0.462 e. The van der Waals surface area contributed by atoms with Gasteiger partial charge in [0.15, 0.2) is 6.10 Å². The van der Waals surface area contributed by atoms with Crippen molar-refractivity contribution >= 4 is 19.8 Å². The van der Waals surface area contributed by atoms with E-state index >= 15 is 0 Å². The molecule has 0 radical (unpaired) electrons. The molecule has 0 saturated carbocycles. The second-order valence-electron chi connectivity index (χ2n) is 12.0. The van der Waals surface area contributed by atoms with Crippen molar-refractivity contribution in [1.82, 2.24) is 0 Å². The lowest BCUT2D eigenvalue weighted by Gasteiger charge is -2.19. The van der Waals surface area contributed by atoms with Gasteiger partial charge < -0.3 is 20.1 Å². The number of hydrogen-bond acceptors (Lipinski definition) is 8. The molecule has 1 unspecified atom stereocenters. The van der Waals surface area contributed by atoms with Gasteiger partial charge in [-0.15, -0.1) is 0 Å². The SMILES string of the molecule is CC/C=C/C/C=C/C/C=C/C/C=C/C/C=C/CCCC(=O)OC[C@H](COP(=O)(O)OCCN)OC(=O)CCCC/C=C/C/C=C/C/C=C/C/C=C/CC. The number of carbonyl (C=O) groups excluding carboxylic acids is 2. The van der Waals surface area contributed by atoms with Gasteiger partial charge in [-0.1, -0.05) is 123 Å². The Balaban J connectivity index is 4.42. The molecule has 0 saturated heterocycles. The second kappa shape index (κ2) is 38.4. The van der Waals surface area contributed by atoms with E-state index in [1.807, 2.05) is 6.08 Å². The van der Waals surface area contributed by atoms with Gasteiger partial charge >= 0.3 is 19.8 Å². The highest BCUT2D eigenvalue weighted by atomic mass is 31.2. The van der Waals surface area contributed by atoms with E-state index in [-0.39, 0.29) is 32.6 Å². The van der Waals surface area contributed by atoms with E-state index in [9.17, 15) is 19.0 Å². The van der Waals surface area contributed by atoms with E-state index in [0.717, 1.165) is 77.0 Å². The van der Waals surface area contributed by atoms with Crippen LogP contribution in [0.1, 0.15) is 117 Å². The van der Waals surface area contributed by atoms with Gasteiger partial charge in [-0.3, -0.25) is 18.6 Å². The van der Waals surface area contributed by atoms with Crippen molar-refractivity contribution in [3.05, 3.63) is 109 Å². The largest absolute Gasteiger partial charge is 0.472 e. The fourth-order valence-corrected chi connectivity index (χ4v) is 5.13. The van der Waals surface area contributed by atoms with E-state index in [2.05, 4.69) is 117 Å². The third-order valence-corrected chi connectivity index (χ3v) is 8.14. The van der Waals surface area contributed by atoms with E-state index in [0.29, 0.717) is 12.8 Å². The van der Waals surface area contributed by atoms with Gasteiger partial charge in [0, 0.05) is 19.4 Å². The Morgan fingerprint density at radius 2 is 0.981 bits per heavy atom. The molecule has 0 heterocycles. The van der Waals surface area contributed by atoms with E-state index in [4.69, 9.17) is 24.3 Å². The van der Waals surface area contributed by atoms with Gasteiger partial charge in [0.25, 0.3) is 0 Å². The van der Waals surface area contributed by atoms with Gasteiger partial charge in [0.05, 0.1) is 13.2 Å². The number of phosphoric acid groups is 1. The molecule has 0 rings (SSSR count). The number of esters is 2. The van der Waals surface area contributed by atoms with Gasteiger partial charge in [0.1, 0.15) is 6.61 Å². The summed E-state index contributed by atoms with van der Waals surface area (Å²) in [6.45, 7) is 3.34. The maximum Gasteiger partial charge on any atom is 0.472 e. The monoisotopic (exact) mass is 757 g/mol. The highest BCUT2D eigenvalue weighted by Gasteiger charge is 2.25. The van der Waals surface area contributed by atoms with Crippen molar-refractivity contribution in [2.75, 3.05) is 26.4 Å². The summed E-state index contributed by atoms with van der Waals surface area (Å²) < 4.78 is 32.6. The van der Waals surface area contributed by atoms with Crippen LogP contribution in [0.25, 0.3) is 0 Å². The minimum absolute atomic E-state index is 0.0322. The third kappa shape index (κ3) is 38.2. The van der Waals surface area contributed by atoms with Crippen molar-refractivity contribution in [2.24, 2.45) is 5.73 Å². The molecule has 0 spiro atoms. The Hall–Kier alpha value is -3.33. The number of nitrogens with two attached hydrogens (primary N) is 1. The first-order valence-electron chi connectivity index (χ1n) is 19.4. The van der Waals surface area contributed by atoms with Crippen molar-refractivity contribution in [3.63, 3.8) is 0 Å². The van der Waals surface area contributed by atoms with Gasteiger partial charge in [-0.25, -0.2) is 4.57 Å². The number of ether oxygens (including phenoxy) is 2. The topological polar surface area (TPSA) is 134 Å². The fourth-order valence-electron chi connectivity index (χ4n) is 4.36. The van der Waals surface area contributed by atoms with Gasteiger partial charge in [0.2, 0.25) is 0 Å². The molecular weight excluding hydrogens is 689 g/mol. The van der Waals surface area contributed by atoms with E-state index < -0.39 is 32.5 Å². The molecule has 0 aliphatic heterocycles. The average molecular weight is 758 g/mol. The second-order valence-corrected chi connectivity index (χ2v) is 13.5. The normalized spacial score (nSPS) is 14.6. The molecule has 0 aromatic rings. The van der Waals surface area contributed by atoms with Crippen LogP contribution < -0.4 is 5.73 Å². The summed E-state index contributed by atoms with van der Waals surface area (Å²) in [6, 6.07) is 0. The van der Waals surface area contributed by atoms with Crippen LogP contribution in [0.2, 0.25) is 0 Å². The summed E-state index contributed by atoms with van der Waals surface area (Å²) in [5.41, 5.74) is 5.33. The Labute approximate surface area is 320 Å². The first-order valence-corrected chi connectivity index (χ1v) is 20.9.